The molecule has 0 saturated heterocycles. The second kappa shape index (κ2) is 7.20. The fourth-order valence-electron chi connectivity index (χ4n) is 2.30. The quantitative estimate of drug-likeness (QED) is 0.658. The lowest BCUT2D eigenvalue weighted by Crippen LogP contribution is -2.48. The molecule has 0 aliphatic heterocycles. The lowest BCUT2D eigenvalue weighted by molar-refractivity contribution is -0.140. The Labute approximate surface area is 107 Å². The summed E-state index contributed by atoms with van der Waals surface area (Å²) in [5, 5.41) is 13.9. The van der Waals surface area contributed by atoms with Crippen LogP contribution in [0.25, 0.3) is 0 Å². The van der Waals surface area contributed by atoms with E-state index in [-0.39, 0.29) is 6.61 Å². The van der Waals surface area contributed by atoms with Gasteiger partial charge in [-0.2, -0.15) is 0 Å². The van der Waals surface area contributed by atoms with Gasteiger partial charge in [-0.15, -0.1) is 0 Å². The molecule has 6 nitrogen and oxygen atoms in total. The molecule has 1 fully saturated rings. The molecule has 0 radical (unpaired) electrons. The zero-order valence-corrected chi connectivity index (χ0v) is 10.9. The maximum Gasteiger partial charge on any atom is 0.328 e. The minimum atomic E-state index is -1.10. The predicted octanol–water partition coefficient (Wildman–Crippen LogP) is 0.821. The number of aliphatic carboxylic acids is 1. The van der Waals surface area contributed by atoms with Crippen molar-refractivity contribution in [2.24, 2.45) is 11.8 Å². The number of carboxylic acids is 1. The van der Waals surface area contributed by atoms with Gasteiger partial charge in [0.1, 0.15) is 0 Å². The van der Waals surface area contributed by atoms with Gasteiger partial charge in [0, 0.05) is 13.7 Å². The van der Waals surface area contributed by atoms with Gasteiger partial charge >= 0.3 is 12.0 Å². The molecule has 3 atom stereocenters. The molecule has 0 spiro atoms. The molecule has 6 heteroatoms. The van der Waals surface area contributed by atoms with Gasteiger partial charge in [-0.1, -0.05) is 13.3 Å². The molecule has 3 unspecified atom stereocenters. The normalized spacial score (nSPS) is 24.6. The number of methoxy groups -OCH3 is 1. The highest BCUT2D eigenvalue weighted by Crippen LogP contribution is 2.29. The monoisotopic (exact) mass is 258 g/mol. The van der Waals surface area contributed by atoms with Gasteiger partial charge < -0.3 is 20.5 Å². The number of amides is 2. The van der Waals surface area contributed by atoms with Gasteiger partial charge in [0.05, 0.1) is 6.61 Å². The van der Waals surface area contributed by atoms with Gasteiger partial charge in [0.15, 0.2) is 6.04 Å². The van der Waals surface area contributed by atoms with E-state index in [4.69, 9.17) is 9.84 Å². The fraction of sp³-hybridized carbons (Fsp3) is 0.833. The molecule has 18 heavy (non-hydrogen) atoms. The summed E-state index contributed by atoms with van der Waals surface area (Å²) in [6.07, 6.45) is 3.46. The molecule has 1 aliphatic rings. The second-order valence-electron chi connectivity index (χ2n) is 4.98. The Morgan fingerprint density at radius 1 is 1.44 bits per heavy atom. The Bertz CT molecular complexity index is 296. The van der Waals surface area contributed by atoms with Crippen molar-refractivity contribution in [3.05, 3.63) is 0 Å². The van der Waals surface area contributed by atoms with E-state index in [1.165, 1.54) is 13.5 Å². The summed E-state index contributed by atoms with van der Waals surface area (Å²) in [6.45, 7) is 2.78. The number of carbonyl (C=O) groups is 2. The molecule has 3 N–H and O–H groups in total. The Kier molecular flexibility index (Phi) is 5.91. The van der Waals surface area contributed by atoms with Crippen LogP contribution in [0.3, 0.4) is 0 Å². The summed E-state index contributed by atoms with van der Waals surface area (Å²) < 4.78 is 4.73. The van der Waals surface area contributed by atoms with Crippen LogP contribution < -0.4 is 10.6 Å². The third-order valence-corrected chi connectivity index (χ3v) is 3.29. The van der Waals surface area contributed by atoms with Gasteiger partial charge in [-0.25, -0.2) is 9.59 Å². The largest absolute Gasteiger partial charge is 0.480 e. The number of carbonyl (C=O) groups excluding carboxylic acids is 1. The van der Waals surface area contributed by atoms with Crippen LogP contribution in [0, 0.1) is 11.8 Å². The zero-order chi connectivity index (χ0) is 13.5. The molecule has 0 aromatic heterocycles. The van der Waals surface area contributed by atoms with Crippen molar-refractivity contribution in [3.8, 4) is 0 Å². The molecule has 1 aliphatic carbocycles. The summed E-state index contributed by atoms with van der Waals surface area (Å²) in [6, 6.07) is -1.45. The molecule has 1 rings (SSSR count). The fourth-order valence-corrected chi connectivity index (χ4v) is 2.30. The van der Waals surface area contributed by atoms with Crippen LogP contribution in [-0.4, -0.2) is 43.4 Å². The van der Waals surface area contributed by atoms with Crippen LogP contribution in [0.5, 0.6) is 0 Å². The maximum atomic E-state index is 11.5. The first-order chi connectivity index (χ1) is 8.52. The van der Waals surface area contributed by atoms with Crippen molar-refractivity contribution < 1.29 is 19.4 Å². The topological polar surface area (TPSA) is 87.7 Å². The van der Waals surface area contributed by atoms with Crippen LogP contribution in [0.4, 0.5) is 4.79 Å². The van der Waals surface area contributed by atoms with Crippen LogP contribution in [0.2, 0.25) is 0 Å². The van der Waals surface area contributed by atoms with E-state index in [0.29, 0.717) is 12.5 Å². The standard InChI is InChI=1S/C12H22N2O4/c1-8-3-4-9(5-8)6-13-12(17)14-10(7-18-2)11(15)16/h8-10H,3-7H2,1-2H3,(H,15,16)(H2,13,14,17). The minimum absolute atomic E-state index is 0.0385. The number of nitrogens with one attached hydrogen (secondary N) is 2. The first kappa shape index (κ1) is 14.8. The first-order valence-corrected chi connectivity index (χ1v) is 6.29. The number of rotatable bonds is 6. The number of ether oxygens (including phenoxy) is 1. The molecule has 2 amide bonds. The molecule has 0 heterocycles. The second-order valence-corrected chi connectivity index (χ2v) is 4.98. The number of hydrogen-bond acceptors (Lipinski definition) is 3. The van der Waals surface area contributed by atoms with E-state index in [1.807, 2.05) is 0 Å². The van der Waals surface area contributed by atoms with E-state index in [9.17, 15) is 9.59 Å². The van der Waals surface area contributed by atoms with E-state index in [0.717, 1.165) is 18.8 Å². The first-order valence-electron chi connectivity index (χ1n) is 6.29. The van der Waals surface area contributed by atoms with Crippen LogP contribution in [0.15, 0.2) is 0 Å². The van der Waals surface area contributed by atoms with Gasteiger partial charge in [0.2, 0.25) is 0 Å². The molecule has 0 bridgehead atoms. The zero-order valence-electron chi connectivity index (χ0n) is 10.9. The molecule has 0 aromatic rings. The van der Waals surface area contributed by atoms with E-state index >= 15 is 0 Å². The third kappa shape index (κ3) is 4.91. The maximum absolute atomic E-state index is 11.5. The predicted molar refractivity (Wildman–Crippen MR) is 66.3 cm³/mol. The number of urea groups is 1. The van der Waals surface area contributed by atoms with E-state index < -0.39 is 18.0 Å². The Morgan fingerprint density at radius 3 is 2.67 bits per heavy atom. The van der Waals surface area contributed by atoms with Crippen molar-refractivity contribution in [2.45, 2.75) is 32.2 Å². The van der Waals surface area contributed by atoms with Crippen molar-refractivity contribution >= 4 is 12.0 Å². The summed E-state index contributed by atoms with van der Waals surface area (Å²) >= 11 is 0. The highest BCUT2D eigenvalue weighted by atomic mass is 16.5. The van der Waals surface area contributed by atoms with Crippen LogP contribution >= 0.6 is 0 Å². The van der Waals surface area contributed by atoms with E-state index in [2.05, 4.69) is 17.6 Å². The number of carboxylic acid groups (broad SMARTS) is 1. The van der Waals surface area contributed by atoms with Crippen molar-refractivity contribution in [1.82, 2.24) is 10.6 Å². The summed E-state index contributed by atoms with van der Waals surface area (Å²) in [5.41, 5.74) is 0. The molecule has 1 saturated carbocycles. The summed E-state index contributed by atoms with van der Waals surface area (Å²) in [7, 11) is 1.40. The van der Waals surface area contributed by atoms with Crippen molar-refractivity contribution in [2.75, 3.05) is 20.3 Å². The van der Waals surface area contributed by atoms with Crippen molar-refractivity contribution in [3.63, 3.8) is 0 Å². The summed E-state index contributed by atoms with van der Waals surface area (Å²) in [5.74, 6) is 0.137. The molecule has 0 aromatic carbocycles. The van der Waals surface area contributed by atoms with E-state index in [1.54, 1.807) is 0 Å². The van der Waals surface area contributed by atoms with Gasteiger partial charge in [0.25, 0.3) is 0 Å². The smallest absolute Gasteiger partial charge is 0.328 e. The lowest BCUT2D eigenvalue weighted by atomic mass is 10.1. The average molecular weight is 258 g/mol. The van der Waals surface area contributed by atoms with Crippen molar-refractivity contribution in [1.29, 1.82) is 0 Å². The highest BCUT2D eigenvalue weighted by Gasteiger charge is 2.23. The van der Waals surface area contributed by atoms with Gasteiger partial charge in [-0.3, -0.25) is 0 Å². The lowest BCUT2D eigenvalue weighted by Gasteiger charge is -2.16. The third-order valence-electron chi connectivity index (χ3n) is 3.29. The van der Waals surface area contributed by atoms with Crippen LogP contribution in [-0.2, 0) is 9.53 Å². The Morgan fingerprint density at radius 2 is 2.17 bits per heavy atom. The molecular weight excluding hydrogens is 236 g/mol. The average Bonchev–Trinajstić information content (AvgIpc) is 2.72. The molecule has 104 valence electrons. The SMILES string of the molecule is COCC(NC(=O)NCC1CCC(C)C1)C(=O)O. The van der Waals surface area contributed by atoms with Gasteiger partial charge in [-0.05, 0) is 24.7 Å². The molecular formula is C12H22N2O4. The Hall–Kier alpha value is -1.30. The minimum Gasteiger partial charge on any atom is -0.480 e. The number of hydrogen-bond donors (Lipinski definition) is 3. The Balaban J connectivity index is 2.25. The highest BCUT2D eigenvalue weighted by molar-refractivity contribution is 5.82. The van der Waals surface area contributed by atoms with Crippen LogP contribution in [0.1, 0.15) is 26.2 Å². The summed E-state index contributed by atoms with van der Waals surface area (Å²) in [4.78, 5) is 22.3.